The van der Waals surface area contributed by atoms with Gasteiger partial charge < -0.3 is 9.80 Å². The average Bonchev–Trinajstić information content (AvgIpc) is 2.76. The van der Waals surface area contributed by atoms with Crippen molar-refractivity contribution in [1.29, 1.82) is 0 Å². The van der Waals surface area contributed by atoms with E-state index >= 15 is 0 Å². The van der Waals surface area contributed by atoms with Crippen LogP contribution in [-0.4, -0.2) is 55.0 Å². The maximum Gasteiger partial charge on any atom is 0.225 e. The number of anilines is 1. The highest BCUT2D eigenvalue weighted by atomic mass is 35.5. The van der Waals surface area contributed by atoms with Crippen LogP contribution in [0.2, 0.25) is 5.02 Å². The van der Waals surface area contributed by atoms with Gasteiger partial charge in [0.15, 0.2) is 0 Å². The Hall–Kier alpha value is -2.11. The summed E-state index contributed by atoms with van der Waals surface area (Å²) in [6, 6.07) is 14.8. The van der Waals surface area contributed by atoms with Crippen molar-refractivity contribution in [2.45, 2.75) is 19.4 Å². The van der Waals surface area contributed by atoms with Gasteiger partial charge in [0.1, 0.15) is 5.82 Å². The number of benzene rings is 2. The maximum absolute atomic E-state index is 14.0. The minimum atomic E-state index is -0.196. The number of halogens is 2. The van der Waals surface area contributed by atoms with Gasteiger partial charge in [0.2, 0.25) is 5.91 Å². The van der Waals surface area contributed by atoms with Gasteiger partial charge in [0.05, 0.1) is 5.69 Å². The van der Waals surface area contributed by atoms with E-state index in [0.29, 0.717) is 31.9 Å². The molecule has 2 heterocycles. The number of para-hydroxylation sites is 1. The lowest BCUT2D eigenvalue weighted by atomic mass is 9.94. The molecule has 0 aliphatic carbocycles. The lowest BCUT2D eigenvalue weighted by Crippen LogP contribution is -2.51. The third-order valence-corrected chi connectivity index (χ3v) is 6.44. The summed E-state index contributed by atoms with van der Waals surface area (Å²) in [4.78, 5) is 19.3. The first kappa shape index (κ1) is 20.2. The quantitative estimate of drug-likeness (QED) is 0.754. The molecule has 1 amide bonds. The number of rotatable bonds is 4. The number of carbonyl (C=O) groups excluding carboxylic acids is 1. The van der Waals surface area contributed by atoms with Crippen LogP contribution >= 0.6 is 11.6 Å². The molecule has 0 saturated carbocycles. The highest BCUT2D eigenvalue weighted by Gasteiger charge is 2.30. The number of nitrogens with zero attached hydrogens (tertiary/aromatic N) is 3. The van der Waals surface area contributed by atoms with Gasteiger partial charge in [-0.3, -0.25) is 9.69 Å². The number of hydrogen-bond donors (Lipinski definition) is 0. The van der Waals surface area contributed by atoms with Crippen molar-refractivity contribution < 1.29 is 9.18 Å². The fourth-order valence-corrected chi connectivity index (χ4v) is 4.54. The number of hydrogen-bond acceptors (Lipinski definition) is 3. The Morgan fingerprint density at radius 3 is 2.28 bits per heavy atom. The van der Waals surface area contributed by atoms with Crippen molar-refractivity contribution in [3.05, 3.63) is 64.9 Å². The molecule has 2 saturated heterocycles. The van der Waals surface area contributed by atoms with Gasteiger partial charge in [0.25, 0.3) is 0 Å². The van der Waals surface area contributed by atoms with Gasteiger partial charge in [-0.1, -0.05) is 41.9 Å². The molecule has 0 N–H and O–H groups in total. The molecule has 2 aromatic carbocycles. The smallest absolute Gasteiger partial charge is 0.225 e. The second kappa shape index (κ2) is 9.14. The molecule has 29 heavy (non-hydrogen) atoms. The number of piperazine rings is 1. The summed E-state index contributed by atoms with van der Waals surface area (Å²) >= 11 is 6.28. The molecule has 4 nitrogen and oxygen atoms in total. The van der Waals surface area contributed by atoms with Gasteiger partial charge in [0, 0.05) is 43.7 Å². The first-order valence-corrected chi connectivity index (χ1v) is 10.7. The van der Waals surface area contributed by atoms with Gasteiger partial charge >= 0.3 is 0 Å². The van der Waals surface area contributed by atoms with E-state index < -0.39 is 0 Å². The van der Waals surface area contributed by atoms with Crippen LogP contribution in [0, 0.1) is 11.7 Å². The van der Waals surface area contributed by atoms with E-state index in [4.69, 9.17) is 11.6 Å². The molecule has 6 heteroatoms. The monoisotopic (exact) mass is 415 g/mol. The van der Waals surface area contributed by atoms with E-state index in [2.05, 4.69) is 11.0 Å². The van der Waals surface area contributed by atoms with E-state index in [-0.39, 0.29) is 17.6 Å². The Kier molecular flexibility index (Phi) is 6.36. The molecule has 0 atom stereocenters. The van der Waals surface area contributed by atoms with Crippen LogP contribution in [0.5, 0.6) is 0 Å². The Balaban J connectivity index is 1.26. The summed E-state index contributed by atoms with van der Waals surface area (Å²) in [5, 5.41) is 0.804. The second-order valence-corrected chi connectivity index (χ2v) is 8.31. The van der Waals surface area contributed by atoms with Crippen LogP contribution in [0.4, 0.5) is 10.1 Å². The van der Waals surface area contributed by atoms with E-state index in [1.54, 1.807) is 6.07 Å². The minimum Gasteiger partial charge on any atom is -0.366 e. The molecule has 154 valence electrons. The van der Waals surface area contributed by atoms with Gasteiger partial charge in [-0.2, -0.15) is 0 Å². The summed E-state index contributed by atoms with van der Waals surface area (Å²) < 4.78 is 14.0. The zero-order valence-electron chi connectivity index (χ0n) is 16.6. The predicted molar refractivity (Wildman–Crippen MR) is 115 cm³/mol. The van der Waals surface area contributed by atoms with Crippen molar-refractivity contribution in [3.8, 4) is 0 Å². The topological polar surface area (TPSA) is 26.8 Å². The van der Waals surface area contributed by atoms with E-state index in [1.807, 2.05) is 40.1 Å². The molecular formula is C23H27ClFN3O. The Morgan fingerprint density at radius 1 is 0.931 bits per heavy atom. The fourth-order valence-electron chi connectivity index (χ4n) is 4.34. The van der Waals surface area contributed by atoms with E-state index in [1.165, 1.54) is 6.07 Å². The van der Waals surface area contributed by atoms with Gasteiger partial charge in [-0.25, -0.2) is 4.39 Å². The Bertz CT molecular complexity index is 846. The van der Waals surface area contributed by atoms with Gasteiger partial charge in [-0.05, 0) is 49.7 Å². The normalized spacial score (nSPS) is 18.8. The summed E-state index contributed by atoms with van der Waals surface area (Å²) in [5.74, 6) is 0.159. The van der Waals surface area contributed by atoms with Crippen molar-refractivity contribution in [1.82, 2.24) is 9.80 Å². The highest BCUT2D eigenvalue weighted by Crippen LogP contribution is 2.25. The third-order valence-electron chi connectivity index (χ3n) is 6.07. The molecule has 0 bridgehead atoms. The number of piperidine rings is 1. The third kappa shape index (κ3) is 4.73. The van der Waals surface area contributed by atoms with E-state index in [0.717, 1.165) is 43.1 Å². The van der Waals surface area contributed by atoms with Crippen LogP contribution in [0.25, 0.3) is 0 Å². The van der Waals surface area contributed by atoms with Crippen molar-refractivity contribution in [2.24, 2.45) is 5.92 Å². The molecule has 4 rings (SSSR count). The SMILES string of the molecule is O=C(C1CCN(Cc2ccccc2Cl)CC1)N1CCN(c2ccccc2F)CC1. The fraction of sp³-hybridized carbons (Fsp3) is 0.435. The molecule has 0 spiro atoms. The molecule has 2 aliphatic rings. The number of likely N-dealkylation sites (tertiary alicyclic amines) is 1. The molecule has 2 aliphatic heterocycles. The van der Waals surface area contributed by atoms with Crippen LogP contribution in [0.15, 0.2) is 48.5 Å². The Morgan fingerprint density at radius 2 is 1.59 bits per heavy atom. The van der Waals surface area contributed by atoms with Crippen LogP contribution < -0.4 is 4.90 Å². The lowest BCUT2D eigenvalue weighted by molar-refractivity contribution is -0.137. The summed E-state index contributed by atoms with van der Waals surface area (Å²) in [5.41, 5.74) is 1.77. The standard InChI is InChI=1S/C23H27ClFN3O/c24-20-6-2-1-5-19(20)17-26-11-9-18(10-12-26)23(29)28-15-13-27(14-16-28)22-8-4-3-7-21(22)25/h1-8,18H,9-17H2. The maximum atomic E-state index is 14.0. The highest BCUT2D eigenvalue weighted by molar-refractivity contribution is 6.31. The number of carbonyl (C=O) groups is 1. The van der Waals surface area contributed by atoms with Crippen molar-refractivity contribution in [2.75, 3.05) is 44.2 Å². The molecule has 0 radical (unpaired) electrons. The van der Waals surface area contributed by atoms with Crippen LogP contribution in [-0.2, 0) is 11.3 Å². The zero-order valence-corrected chi connectivity index (χ0v) is 17.3. The number of amides is 1. The predicted octanol–water partition coefficient (Wildman–Crippen LogP) is 4.04. The van der Waals surface area contributed by atoms with Gasteiger partial charge in [-0.15, -0.1) is 0 Å². The van der Waals surface area contributed by atoms with Crippen LogP contribution in [0.1, 0.15) is 18.4 Å². The Labute approximate surface area is 176 Å². The summed E-state index contributed by atoms with van der Waals surface area (Å²) in [6.07, 6.45) is 1.77. The molecule has 0 aromatic heterocycles. The summed E-state index contributed by atoms with van der Waals surface area (Å²) in [6.45, 7) is 5.34. The molecule has 0 unspecified atom stereocenters. The van der Waals surface area contributed by atoms with Crippen molar-refractivity contribution >= 4 is 23.2 Å². The largest absolute Gasteiger partial charge is 0.366 e. The molecular weight excluding hydrogens is 389 g/mol. The van der Waals surface area contributed by atoms with Crippen molar-refractivity contribution in [3.63, 3.8) is 0 Å². The molecule has 2 aromatic rings. The summed E-state index contributed by atoms with van der Waals surface area (Å²) in [7, 11) is 0. The molecule has 2 fully saturated rings. The van der Waals surface area contributed by atoms with E-state index in [9.17, 15) is 9.18 Å². The lowest BCUT2D eigenvalue weighted by Gasteiger charge is -2.39. The minimum absolute atomic E-state index is 0.0949. The van der Waals surface area contributed by atoms with Crippen LogP contribution in [0.3, 0.4) is 0 Å². The zero-order chi connectivity index (χ0) is 20.2. The first-order valence-electron chi connectivity index (χ1n) is 10.4. The average molecular weight is 416 g/mol. The second-order valence-electron chi connectivity index (χ2n) is 7.91. The first-order chi connectivity index (χ1) is 14.1.